The molecule has 0 fully saturated rings. The average molecular weight is 471 g/mol. The number of rotatable bonds is 9. The van der Waals surface area contributed by atoms with Crippen molar-refractivity contribution in [2.75, 3.05) is 0 Å². The maximum absolute atomic E-state index is 6.41. The molecular formula is C34H32NO+. The maximum Gasteiger partial charge on any atom is 0.217 e. The normalized spacial score (nSPS) is 10.8. The summed E-state index contributed by atoms with van der Waals surface area (Å²) in [5.74, 6) is 0.899. The van der Waals surface area contributed by atoms with Crippen molar-refractivity contribution in [2.45, 2.75) is 32.9 Å². The molecule has 5 rings (SSSR count). The van der Waals surface area contributed by atoms with Gasteiger partial charge in [0.1, 0.15) is 18.9 Å². The molecule has 0 saturated carbocycles. The van der Waals surface area contributed by atoms with Crippen molar-refractivity contribution in [1.82, 2.24) is 0 Å². The van der Waals surface area contributed by atoms with Gasteiger partial charge in [0.15, 0.2) is 0 Å². The number of ether oxygens (including phenoxy) is 1. The third-order valence-electron chi connectivity index (χ3n) is 6.48. The maximum atomic E-state index is 6.41. The summed E-state index contributed by atoms with van der Waals surface area (Å²) in [6.45, 7) is 3.73. The van der Waals surface area contributed by atoms with Crippen molar-refractivity contribution in [3.63, 3.8) is 0 Å². The Morgan fingerprint density at radius 1 is 0.583 bits per heavy atom. The van der Waals surface area contributed by atoms with Gasteiger partial charge in [-0.25, -0.2) is 0 Å². The fraction of sp³-hybridized carbons (Fsp3) is 0.147. The molecule has 1 aromatic heterocycles. The second kappa shape index (κ2) is 11.5. The largest absolute Gasteiger partial charge is 0.488 e. The monoisotopic (exact) mass is 470 g/mol. The highest BCUT2D eigenvalue weighted by atomic mass is 16.5. The van der Waals surface area contributed by atoms with Crippen molar-refractivity contribution < 1.29 is 9.30 Å². The van der Waals surface area contributed by atoms with E-state index in [9.17, 15) is 0 Å². The van der Waals surface area contributed by atoms with Crippen LogP contribution in [0.1, 0.15) is 25.3 Å². The summed E-state index contributed by atoms with van der Waals surface area (Å²) >= 11 is 0. The Hall–Kier alpha value is -4.17. The Morgan fingerprint density at radius 3 is 1.86 bits per heavy atom. The average Bonchev–Trinajstić information content (AvgIpc) is 2.96. The number of para-hydroxylation sites is 1. The molecule has 36 heavy (non-hydrogen) atoms. The molecule has 0 saturated heterocycles. The van der Waals surface area contributed by atoms with E-state index in [1.54, 1.807) is 0 Å². The van der Waals surface area contributed by atoms with Gasteiger partial charge in [-0.1, -0.05) is 104 Å². The zero-order valence-corrected chi connectivity index (χ0v) is 20.8. The van der Waals surface area contributed by atoms with Crippen LogP contribution < -0.4 is 9.30 Å². The summed E-state index contributed by atoms with van der Waals surface area (Å²) in [6.07, 6.45) is 2.24. The van der Waals surface area contributed by atoms with Crippen molar-refractivity contribution in [2.24, 2.45) is 0 Å². The van der Waals surface area contributed by atoms with Gasteiger partial charge in [-0.3, -0.25) is 0 Å². The third kappa shape index (κ3) is 5.39. The molecule has 0 amide bonds. The van der Waals surface area contributed by atoms with Gasteiger partial charge in [0.05, 0.1) is 5.56 Å². The fourth-order valence-corrected chi connectivity index (χ4v) is 4.59. The van der Waals surface area contributed by atoms with Crippen LogP contribution in [0.5, 0.6) is 5.75 Å². The van der Waals surface area contributed by atoms with Crippen LogP contribution in [0, 0.1) is 0 Å². The van der Waals surface area contributed by atoms with Crippen LogP contribution in [-0.4, -0.2) is 0 Å². The smallest absolute Gasteiger partial charge is 0.217 e. The van der Waals surface area contributed by atoms with E-state index in [2.05, 4.69) is 133 Å². The van der Waals surface area contributed by atoms with Gasteiger partial charge in [0, 0.05) is 24.1 Å². The van der Waals surface area contributed by atoms with Crippen LogP contribution in [-0.2, 0) is 13.2 Å². The number of nitrogens with zero attached hydrogens (tertiary/aromatic N) is 1. The van der Waals surface area contributed by atoms with Gasteiger partial charge in [-0.05, 0) is 41.0 Å². The van der Waals surface area contributed by atoms with E-state index in [0.29, 0.717) is 6.61 Å². The van der Waals surface area contributed by atoms with Gasteiger partial charge in [-0.15, -0.1) is 0 Å². The minimum Gasteiger partial charge on any atom is -0.488 e. The van der Waals surface area contributed by atoms with Crippen LogP contribution >= 0.6 is 0 Å². The summed E-state index contributed by atoms with van der Waals surface area (Å²) in [5.41, 5.74) is 8.30. The van der Waals surface area contributed by atoms with Crippen molar-refractivity contribution in [3.05, 3.63) is 133 Å². The van der Waals surface area contributed by atoms with Crippen LogP contribution in [0.15, 0.2) is 127 Å². The lowest BCUT2D eigenvalue weighted by Crippen LogP contribution is -2.39. The predicted octanol–water partition coefficient (Wildman–Crippen LogP) is 8.35. The van der Waals surface area contributed by atoms with Gasteiger partial charge in [0.2, 0.25) is 11.4 Å². The quantitative estimate of drug-likeness (QED) is 0.197. The molecule has 0 radical (unpaired) electrons. The predicted molar refractivity (Wildman–Crippen MR) is 149 cm³/mol. The van der Waals surface area contributed by atoms with E-state index in [1.807, 2.05) is 6.07 Å². The number of pyridine rings is 1. The second-order valence-corrected chi connectivity index (χ2v) is 9.02. The molecule has 4 aromatic carbocycles. The van der Waals surface area contributed by atoms with Crippen LogP contribution in [0.25, 0.3) is 33.6 Å². The molecule has 0 aliphatic rings. The molecule has 0 aliphatic carbocycles. The van der Waals surface area contributed by atoms with E-state index in [0.717, 1.165) is 36.3 Å². The first-order chi connectivity index (χ1) is 17.8. The zero-order chi connectivity index (χ0) is 24.6. The second-order valence-electron chi connectivity index (χ2n) is 9.02. The molecule has 178 valence electrons. The van der Waals surface area contributed by atoms with Gasteiger partial charge in [-0.2, -0.15) is 4.57 Å². The first kappa shape index (κ1) is 23.6. The van der Waals surface area contributed by atoms with Gasteiger partial charge in [0.25, 0.3) is 0 Å². The van der Waals surface area contributed by atoms with E-state index >= 15 is 0 Å². The number of hydrogen-bond donors (Lipinski definition) is 0. The first-order valence-electron chi connectivity index (χ1n) is 12.8. The lowest BCUT2D eigenvalue weighted by Gasteiger charge is -2.15. The Labute approximate surface area is 214 Å². The molecule has 2 nitrogen and oxygen atoms in total. The number of benzene rings is 4. The lowest BCUT2D eigenvalue weighted by molar-refractivity contribution is -0.675. The zero-order valence-electron chi connectivity index (χ0n) is 20.8. The SMILES string of the molecule is CCCC[n+]1c(-c2ccccc2)cc(-c2ccccc2)cc1-c1ccccc1OCc1ccccc1. The highest BCUT2D eigenvalue weighted by Gasteiger charge is 2.24. The van der Waals surface area contributed by atoms with E-state index in [4.69, 9.17) is 4.74 Å². The summed E-state index contributed by atoms with van der Waals surface area (Å²) in [6, 6.07) is 44.8. The molecule has 5 aromatic rings. The first-order valence-corrected chi connectivity index (χ1v) is 12.8. The highest BCUT2D eigenvalue weighted by Crippen LogP contribution is 2.34. The fourth-order valence-electron chi connectivity index (χ4n) is 4.59. The minimum atomic E-state index is 0.538. The molecule has 0 bridgehead atoms. The van der Waals surface area contributed by atoms with Crippen LogP contribution in [0.4, 0.5) is 0 Å². The number of aromatic nitrogens is 1. The van der Waals surface area contributed by atoms with Gasteiger partial charge < -0.3 is 4.74 Å². The Morgan fingerprint density at radius 2 is 1.17 bits per heavy atom. The van der Waals surface area contributed by atoms with Gasteiger partial charge >= 0.3 is 0 Å². The number of hydrogen-bond acceptors (Lipinski definition) is 1. The summed E-state index contributed by atoms with van der Waals surface area (Å²) in [5, 5.41) is 0. The molecule has 0 unspecified atom stereocenters. The van der Waals surface area contributed by atoms with E-state index in [-0.39, 0.29) is 0 Å². The lowest BCUT2D eigenvalue weighted by atomic mass is 9.98. The Bertz CT molecular complexity index is 1400. The molecule has 0 atom stereocenters. The summed E-state index contributed by atoms with van der Waals surface area (Å²) in [7, 11) is 0. The molecule has 1 heterocycles. The summed E-state index contributed by atoms with van der Waals surface area (Å²) < 4.78 is 8.88. The number of unbranched alkanes of at least 4 members (excludes halogenated alkanes) is 1. The minimum absolute atomic E-state index is 0.538. The Balaban J connectivity index is 1.68. The topological polar surface area (TPSA) is 13.1 Å². The Kier molecular flexibility index (Phi) is 7.53. The molecule has 0 aliphatic heterocycles. The van der Waals surface area contributed by atoms with E-state index in [1.165, 1.54) is 28.1 Å². The molecule has 2 heteroatoms. The third-order valence-corrected chi connectivity index (χ3v) is 6.48. The van der Waals surface area contributed by atoms with Crippen molar-refractivity contribution >= 4 is 0 Å². The molecular weight excluding hydrogens is 438 g/mol. The van der Waals surface area contributed by atoms with E-state index < -0.39 is 0 Å². The van der Waals surface area contributed by atoms with Crippen molar-refractivity contribution in [1.29, 1.82) is 0 Å². The van der Waals surface area contributed by atoms with Crippen LogP contribution in [0.3, 0.4) is 0 Å². The van der Waals surface area contributed by atoms with Crippen molar-refractivity contribution in [3.8, 4) is 39.4 Å². The standard InChI is InChI=1S/C34H32NO/c1-2-3-23-35-32(29-19-11-6-12-20-29)24-30(28-17-9-5-10-18-28)25-33(35)31-21-13-14-22-34(31)36-26-27-15-7-4-8-16-27/h4-22,24-25H,2-3,23,26H2,1H3/q+1. The van der Waals surface area contributed by atoms with Crippen LogP contribution in [0.2, 0.25) is 0 Å². The highest BCUT2D eigenvalue weighted by molar-refractivity contribution is 5.75. The molecule has 0 N–H and O–H groups in total. The molecule has 0 spiro atoms. The summed E-state index contributed by atoms with van der Waals surface area (Å²) in [4.78, 5) is 0.